The van der Waals surface area contributed by atoms with E-state index in [1.807, 2.05) is 13.8 Å². The Bertz CT molecular complexity index is 488. The minimum absolute atomic E-state index is 0.0494. The smallest absolute Gasteiger partial charge is 0.276 e. The van der Waals surface area contributed by atoms with Gasteiger partial charge in [-0.2, -0.15) is 0 Å². The number of hydrogen-bond donors (Lipinski definition) is 1. The van der Waals surface area contributed by atoms with Crippen LogP contribution in [0.2, 0.25) is 0 Å². The van der Waals surface area contributed by atoms with E-state index in [2.05, 4.69) is 5.16 Å². The number of likely N-dealkylation sites (tertiary alicyclic amines) is 1. The molecule has 1 amide bonds. The zero-order valence-electron chi connectivity index (χ0n) is 11.5. The molecule has 0 spiro atoms. The van der Waals surface area contributed by atoms with Gasteiger partial charge in [-0.3, -0.25) is 4.79 Å². The quantitative estimate of drug-likeness (QED) is 0.922. The lowest BCUT2D eigenvalue weighted by Crippen LogP contribution is -2.50. The number of halogens is 2. The first-order chi connectivity index (χ1) is 9.35. The molecule has 20 heavy (non-hydrogen) atoms. The van der Waals surface area contributed by atoms with Crippen LogP contribution in [0.5, 0.6) is 0 Å². The third-order valence-electron chi connectivity index (χ3n) is 3.58. The van der Waals surface area contributed by atoms with E-state index in [1.54, 1.807) is 0 Å². The Hall–Kier alpha value is -1.50. The second-order valence-corrected chi connectivity index (χ2v) is 5.41. The molecule has 1 aromatic rings. The van der Waals surface area contributed by atoms with Crippen LogP contribution < -0.4 is 0 Å². The van der Waals surface area contributed by atoms with Gasteiger partial charge in [0.1, 0.15) is 5.76 Å². The number of rotatable bonds is 3. The van der Waals surface area contributed by atoms with Crippen LogP contribution in [0.25, 0.3) is 0 Å². The summed E-state index contributed by atoms with van der Waals surface area (Å²) in [5.74, 6) is -3.92. The van der Waals surface area contributed by atoms with Crippen LogP contribution >= 0.6 is 0 Å². The van der Waals surface area contributed by atoms with Crippen LogP contribution in [0.3, 0.4) is 0 Å². The van der Waals surface area contributed by atoms with Crippen molar-refractivity contribution in [2.75, 3.05) is 19.7 Å². The molecule has 1 aromatic heterocycles. The fraction of sp³-hybridized carbons (Fsp3) is 0.692. The van der Waals surface area contributed by atoms with Gasteiger partial charge in [0.2, 0.25) is 0 Å². The molecule has 0 aromatic carbocycles. The molecular formula is C13H18F2N2O3. The predicted octanol–water partition coefficient (Wildman–Crippen LogP) is 1.89. The largest absolute Gasteiger partial charge is 0.396 e. The van der Waals surface area contributed by atoms with Crippen molar-refractivity contribution in [3.63, 3.8) is 0 Å². The SMILES string of the molecule is CC(C)c1cc(C(=O)N2CCC(F)(F)C(CO)C2)no1. The molecule has 1 atom stereocenters. The Morgan fingerprint density at radius 2 is 2.35 bits per heavy atom. The zero-order valence-corrected chi connectivity index (χ0v) is 11.5. The van der Waals surface area contributed by atoms with Crippen molar-refractivity contribution >= 4 is 5.91 Å². The summed E-state index contributed by atoms with van der Waals surface area (Å²) >= 11 is 0. The molecule has 1 saturated heterocycles. The highest BCUT2D eigenvalue weighted by atomic mass is 19.3. The topological polar surface area (TPSA) is 66.6 Å². The predicted molar refractivity (Wildman–Crippen MR) is 66.6 cm³/mol. The molecule has 0 radical (unpaired) electrons. The highest BCUT2D eigenvalue weighted by Crippen LogP contribution is 2.33. The Balaban J connectivity index is 2.09. The molecule has 1 fully saturated rings. The van der Waals surface area contributed by atoms with Crippen molar-refractivity contribution in [3.8, 4) is 0 Å². The summed E-state index contributed by atoms with van der Waals surface area (Å²) in [6.45, 7) is 2.93. The van der Waals surface area contributed by atoms with Gasteiger partial charge in [-0.15, -0.1) is 0 Å². The first-order valence-electron chi connectivity index (χ1n) is 6.59. The van der Waals surface area contributed by atoms with Crippen LogP contribution in [0, 0.1) is 5.92 Å². The maximum absolute atomic E-state index is 13.5. The van der Waals surface area contributed by atoms with Crippen molar-refractivity contribution in [1.82, 2.24) is 10.1 Å². The molecule has 1 N–H and O–H groups in total. The van der Waals surface area contributed by atoms with E-state index in [1.165, 1.54) is 11.0 Å². The molecule has 0 aliphatic carbocycles. The number of carbonyl (C=O) groups excluding carboxylic acids is 1. The Morgan fingerprint density at radius 1 is 1.65 bits per heavy atom. The third-order valence-corrected chi connectivity index (χ3v) is 3.58. The molecular weight excluding hydrogens is 270 g/mol. The van der Waals surface area contributed by atoms with Gasteiger partial charge in [0, 0.05) is 31.5 Å². The number of amides is 1. The fourth-order valence-corrected chi connectivity index (χ4v) is 2.18. The van der Waals surface area contributed by atoms with Crippen LogP contribution in [0.1, 0.15) is 42.4 Å². The lowest BCUT2D eigenvalue weighted by molar-refractivity contribution is -0.113. The lowest BCUT2D eigenvalue weighted by Gasteiger charge is -2.37. The Morgan fingerprint density at radius 3 is 2.90 bits per heavy atom. The summed E-state index contributed by atoms with van der Waals surface area (Å²) < 4.78 is 32.0. The highest BCUT2D eigenvalue weighted by molar-refractivity contribution is 5.92. The van der Waals surface area contributed by atoms with Crippen molar-refractivity contribution in [2.45, 2.75) is 32.1 Å². The monoisotopic (exact) mass is 288 g/mol. The number of aliphatic hydroxyl groups is 1. The van der Waals surface area contributed by atoms with Gasteiger partial charge in [-0.1, -0.05) is 19.0 Å². The average Bonchev–Trinajstić information content (AvgIpc) is 2.87. The zero-order chi connectivity index (χ0) is 14.9. The number of aliphatic hydroxyl groups excluding tert-OH is 1. The first kappa shape index (κ1) is 14.9. The number of piperidine rings is 1. The number of hydrogen-bond acceptors (Lipinski definition) is 4. The van der Waals surface area contributed by atoms with Crippen LogP contribution in [0.15, 0.2) is 10.6 Å². The van der Waals surface area contributed by atoms with Crippen molar-refractivity contribution in [1.29, 1.82) is 0 Å². The molecule has 7 heteroatoms. The molecule has 0 bridgehead atoms. The van der Waals surface area contributed by atoms with Crippen LogP contribution in [-0.4, -0.2) is 46.7 Å². The van der Waals surface area contributed by atoms with Crippen LogP contribution in [0.4, 0.5) is 8.78 Å². The number of aromatic nitrogens is 1. The molecule has 2 heterocycles. The van der Waals surface area contributed by atoms with Gasteiger partial charge in [0.05, 0.1) is 12.5 Å². The summed E-state index contributed by atoms with van der Waals surface area (Å²) in [6.07, 6.45) is -0.446. The van der Waals surface area contributed by atoms with Crippen molar-refractivity contribution in [3.05, 3.63) is 17.5 Å². The van der Waals surface area contributed by atoms with Crippen molar-refractivity contribution < 1.29 is 23.2 Å². The fourth-order valence-electron chi connectivity index (χ4n) is 2.18. The van der Waals surface area contributed by atoms with Gasteiger partial charge < -0.3 is 14.5 Å². The summed E-state index contributed by atoms with van der Waals surface area (Å²) in [5, 5.41) is 12.7. The van der Waals surface area contributed by atoms with E-state index in [0.717, 1.165) is 0 Å². The normalized spacial score (nSPS) is 22.3. The minimum atomic E-state index is -2.93. The summed E-state index contributed by atoms with van der Waals surface area (Å²) in [5.41, 5.74) is 0.121. The molecule has 1 aliphatic rings. The van der Waals surface area contributed by atoms with Crippen LogP contribution in [-0.2, 0) is 0 Å². The standard InChI is InChI=1S/C13H18F2N2O3/c1-8(2)11-5-10(16-20-11)12(19)17-4-3-13(14,15)9(6-17)7-18/h5,8-9,18H,3-4,6-7H2,1-2H3. The molecule has 0 saturated carbocycles. The minimum Gasteiger partial charge on any atom is -0.396 e. The van der Waals surface area contributed by atoms with E-state index in [9.17, 15) is 13.6 Å². The lowest BCUT2D eigenvalue weighted by atomic mass is 9.94. The molecule has 1 unspecified atom stereocenters. The molecule has 1 aliphatic heterocycles. The van der Waals surface area contributed by atoms with Gasteiger partial charge in [-0.25, -0.2) is 8.78 Å². The summed E-state index contributed by atoms with van der Waals surface area (Å²) in [4.78, 5) is 13.5. The average molecular weight is 288 g/mol. The third kappa shape index (κ3) is 2.82. The Kier molecular flexibility index (Phi) is 4.08. The maximum atomic E-state index is 13.5. The number of nitrogens with zero attached hydrogens (tertiary/aromatic N) is 2. The van der Waals surface area contributed by atoms with E-state index in [0.29, 0.717) is 5.76 Å². The summed E-state index contributed by atoms with van der Waals surface area (Å²) in [6, 6.07) is 1.54. The Labute approximate surface area is 115 Å². The van der Waals surface area contributed by atoms with E-state index < -0.39 is 30.8 Å². The second kappa shape index (κ2) is 5.47. The first-order valence-corrected chi connectivity index (χ1v) is 6.59. The number of alkyl halides is 2. The highest BCUT2D eigenvalue weighted by Gasteiger charge is 2.45. The molecule has 2 rings (SSSR count). The van der Waals surface area contributed by atoms with Crippen molar-refractivity contribution in [2.24, 2.45) is 5.92 Å². The van der Waals surface area contributed by atoms with Gasteiger partial charge in [0.25, 0.3) is 11.8 Å². The maximum Gasteiger partial charge on any atom is 0.276 e. The van der Waals surface area contributed by atoms with E-state index in [-0.39, 0.29) is 24.7 Å². The molecule has 112 valence electrons. The van der Waals surface area contributed by atoms with Gasteiger partial charge in [0.15, 0.2) is 5.69 Å². The molecule has 5 nitrogen and oxygen atoms in total. The van der Waals surface area contributed by atoms with E-state index >= 15 is 0 Å². The second-order valence-electron chi connectivity index (χ2n) is 5.41. The summed E-state index contributed by atoms with van der Waals surface area (Å²) in [7, 11) is 0. The van der Waals surface area contributed by atoms with Gasteiger partial charge >= 0.3 is 0 Å². The number of carbonyl (C=O) groups is 1. The van der Waals surface area contributed by atoms with E-state index in [4.69, 9.17) is 9.63 Å². The van der Waals surface area contributed by atoms with Gasteiger partial charge in [-0.05, 0) is 0 Å².